The van der Waals surface area contributed by atoms with Gasteiger partial charge in [-0.1, -0.05) is 0 Å². The van der Waals surface area contributed by atoms with Crippen LogP contribution in [0.25, 0.3) is 0 Å². The highest BCUT2D eigenvalue weighted by molar-refractivity contribution is 7.91. The highest BCUT2D eigenvalue weighted by atomic mass is 32.2. The van der Waals surface area contributed by atoms with Crippen LogP contribution < -0.4 is 0 Å². The van der Waals surface area contributed by atoms with Crippen molar-refractivity contribution in [2.75, 3.05) is 5.75 Å². The SMILES string of the molecule is Cc1nc(S(=O)(=O)CC(F)(F)F)c(F)cc1F. The molecule has 0 unspecified atom stereocenters. The second-order valence-electron chi connectivity index (χ2n) is 3.22. The predicted molar refractivity (Wildman–Crippen MR) is 47.0 cm³/mol. The number of aryl methyl sites for hydroxylation is 1. The molecule has 0 aliphatic carbocycles. The lowest BCUT2D eigenvalue weighted by Gasteiger charge is -2.08. The van der Waals surface area contributed by atoms with Gasteiger partial charge in [0.25, 0.3) is 0 Å². The van der Waals surface area contributed by atoms with E-state index in [-0.39, 0.29) is 6.07 Å². The van der Waals surface area contributed by atoms with Crippen LogP contribution in [-0.2, 0) is 9.84 Å². The van der Waals surface area contributed by atoms with Crippen molar-refractivity contribution < 1.29 is 30.4 Å². The number of hydrogen-bond acceptors (Lipinski definition) is 3. The molecule has 0 atom stereocenters. The lowest BCUT2D eigenvalue weighted by atomic mass is 10.3. The molecule has 0 aliphatic rings. The van der Waals surface area contributed by atoms with Crippen molar-refractivity contribution in [2.45, 2.75) is 18.1 Å². The fourth-order valence-electron chi connectivity index (χ4n) is 1.04. The maximum Gasteiger partial charge on any atom is 0.403 e. The summed E-state index contributed by atoms with van der Waals surface area (Å²) in [5.41, 5.74) is -0.493. The highest BCUT2D eigenvalue weighted by Gasteiger charge is 2.38. The number of aromatic nitrogens is 1. The number of pyridine rings is 1. The quantitative estimate of drug-likeness (QED) is 0.776. The van der Waals surface area contributed by atoms with Crippen molar-refractivity contribution in [2.24, 2.45) is 0 Å². The van der Waals surface area contributed by atoms with Crippen molar-refractivity contribution in [3.05, 3.63) is 23.4 Å². The van der Waals surface area contributed by atoms with Gasteiger partial charge in [-0.3, -0.25) is 0 Å². The number of halogens is 5. The van der Waals surface area contributed by atoms with Gasteiger partial charge in [-0.15, -0.1) is 0 Å². The number of rotatable bonds is 2. The third-order valence-corrected chi connectivity index (χ3v) is 3.30. The molecule has 3 nitrogen and oxygen atoms in total. The first-order valence-corrected chi connectivity index (χ1v) is 5.80. The van der Waals surface area contributed by atoms with Crippen molar-refractivity contribution >= 4 is 9.84 Å². The van der Waals surface area contributed by atoms with E-state index in [2.05, 4.69) is 4.98 Å². The van der Waals surface area contributed by atoms with E-state index in [1.54, 1.807) is 0 Å². The molecule has 0 bridgehead atoms. The van der Waals surface area contributed by atoms with Crippen LogP contribution in [0, 0.1) is 18.6 Å². The Morgan fingerprint density at radius 1 is 1.24 bits per heavy atom. The monoisotopic (exact) mass is 275 g/mol. The first kappa shape index (κ1) is 13.8. The third-order valence-electron chi connectivity index (χ3n) is 1.72. The van der Waals surface area contributed by atoms with E-state index in [9.17, 15) is 30.4 Å². The first-order chi connectivity index (χ1) is 7.53. The lowest BCUT2D eigenvalue weighted by molar-refractivity contribution is -0.106. The van der Waals surface area contributed by atoms with E-state index in [1.807, 2.05) is 0 Å². The molecule has 0 saturated heterocycles. The summed E-state index contributed by atoms with van der Waals surface area (Å²) in [4.78, 5) is 2.99. The molecule has 1 aromatic rings. The Balaban J connectivity index is 3.30. The normalized spacial score (nSPS) is 12.8. The molecule has 0 saturated carbocycles. The summed E-state index contributed by atoms with van der Waals surface area (Å²) >= 11 is 0. The number of nitrogens with zero attached hydrogens (tertiary/aromatic N) is 1. The summed E-state index contributed by atoms with van der Waals surface area (Å²) in [6, 6.07) is 0.186. The topological polar surface area (TPSA) is 47.0 Å². The summed E-state index contributed by atoms with van der Waals surface area (Å²) in [5, 5.41) is -1.39. The van der Waals surface area contributed by atoms with Crippen LogP contribution in [0.1, 0.15) is 5.69 Å². The Bertz CT molecular complexity index is 538. The summed E-state index contributed by atoms with van der Waals surface area (Å²) < 4.78 is 84.0. The van der Waals surface area contributed by atoms with E-state index >= 15 is 0 Å². The van der Waals surface area contributed by atoms with Gasteiger partial charge in [0.05, 0.1) is 5.69 Å². The summed E-state index contributed by atoms with van der Waals surface area (Å²) in [6.45, 7) is 1.02. The van der Waals surface area contributed by atoms with Gasteiger partial charge in [0, 0.05) is 6.07 Å². The largest absolute Gasteiger partial charge is 0.403 e. The zero-order valence-electron chi connectivity index (χ0n) is 8.35. The number of sulfone groups is 1. The molecule has 0 aromatic carbocycles. The molecule has 17 heavy (non-hydrogen) atoms. The van der Waals surface area contributed by atoms with E-state index in [1.165, 1.54) is 0 Å². The van der Waals surface area contributed by atoms with Gasteiger partial charge in [-0.2, -0.15) is 13.2 Å². The molecular weight excluding hydrogens is 269 g/mol. The zero-order valence-corrected chi connectivity index (χ0v) is 9.16. The van der Waals surface area contributed by atoms with E-state index in [0.717, 1.165) is 6.92 Å². The van der Waals surface area contributed by atoms with Crippen LogP contribution in [0.2, 0.25) is 0 Å². The summed E-state index contributed by atoms with van der Waals surface area (Å²) in [5.74, 6) is -5.01. The summed E-state index contributed by atoms with van der Waals surface area (Å²) in [6.07, 6.45) is -5.02. The van der Waals surface area contributed by atoms with E-state index in [4.69, 9.17) is 0 Å². The Morgan fingerprint density at radius 3 is 2.24 bits per heavy atom. The van der Waals surface area contributed by atoms with Gasteiger partial charge in [0.15, 0.2) is 16.6 Å². The second kappa shape index (κ2) is 4.21. The van der Waals surface area contributed by atoms with Crippen molar-refractivity contribution in [3.8, 4) is 0 Å². The maximum absolute atomic E-state index is 13.1. The van der Waals surface area contributed by atoms with Gasteiger partial charge < -0.3 is 0 Å². The summed E-state index contributed by atoms with van der Waals surface area (Å²) in [7, 11) is -4.97. The molecule has 1 aromatic heterocycles. The average molecular weight is 275 g/mol. The van der Waals surface area contributed by atoms with Crippen molar-refractivity contribution in [3.63, 3.8) is 0 Å². The van der Waals surface area contributed by atoms with Crippen LogP contribution >= 0.6 is 0 Å². The Morgan fingerprint density at radius 2 is 1.76 bits per heavy atom. The van der Waals surface area contributed by atoms with Gasteiger partial charge in [-0.05, 0) is 6.92 Å². The maximum atomic E-state index is 13.1. The van der Waals surface area contributed by atoms with Crippen LogP contribution in [0.5, 0.6) is 0 Å². The van der Waals surface area contributed by atoms with Crippen molar-refractivity contribution in [1.29, 1.82) is 0 Å². The van der Waals surface area contributed by atoms with Gasteiger partial charge >= 0.3 is 6.18 Å². The standard InChI is InChI=1S/C8H6F5NO2S/c1-4-5(9)2-6(10)7(14-4)17(15,16)3-8(11,12)13/h2H,3H2,1H3. The van der Waals surface area contributed by atoms with Crippen LogP contribution in [0.15, 0.2) is 11.1 Å². The molecule has 0 fully saturated rings. The Labute approximate surface area is 93.2 Å². The minimum Gasteiger partial charge on any atom is -0.236 e. The van der Waals surface area contributed by atoms with E-state index in [0.29, 0.717) is 0 Å². The molecule has 0 radical (unpaired) electrons. The molecule has 1 heterocycles. The van der Waals surface area contributed by atoms with Crippen molar-refractivity contribution in [1.82, 2.24) is 4.98 Å². The average Bonchev–Trinajstić information content (AvgIpc) is 2.06. The zero-order chi connectivity index (χ0) is 13.4. The Kier molecular flexibility index (Phi) is 3.42. The molecule has 0 aliphatic heterocycles. The molecular formula is C8H6F5NO2S. The first-order valence-electron chi connectivity index (χ1n) is 4.15. The van der Waals surface area contributed by atoms with Crippen LogP contribution in [0.3, 0.4) is 0 Å². The second-order valence-corrected chi connectivity index (χ2v) is 5.12. The van der Waals surface area contributed by atoms with Crippen LogP contribution in [0.4, 0.5) is 22.0 Å². The third kappa shape index (κ3) is 3.35. The van der Waals surface area contributed by atoms with Crippen LogP contribution in [-0.4, -0.2) is 25.3 Å². The lowest BCUT2D eigenvalue weighted by Crippen LogP contribution is -2.24. The van der Waals surface area contributed by atoms with E-state index < -0.39 is 44.1 Å². The molecule has 96 valence electrons. The molecule has 0 spiro atoms. The Hall–Kier alpha value is -1.25. The number of alkyl halides is 3. The molecule has 0 amide bonds. The molecule has 1 rings (SSSR count). The fraction of sp³-hybridized carbons (Fsp3) is 0.375. The number of hydrogen-bond donors (Lipinski definition) is 0. The predicted octanol–water partition coefficient (Wildman–Crippen LogP) is 2.00. The minimum absolute atomic E-state index is 0.186. The highest BCUT2D eigenvalue weighted by Crippen LogP contribution is 2.23. The molecule has 9 heteroatoms. The fourth-order valence-corrected chi connectivity index (χ4v) is 2.24. The smallest absolute Gasteiger partial charge is 0.236 e. The van der Waals surface area contributed by atoms with Gasteiger partial charge in [0.1, 0.15) is 5.82 Å². The minimum atomic E-state index is -5.02. The van der Waals surface area contributed by atoms with Gasteiger partial charge in [-0.25, -0.2) is 22.2 Å². The molecule has 0 N–H and O–H groups in total. The van der Waals surface area contributed by atoms with Gasteiger partial charge in [0.2, 0.25) is 9.84 Å².